The molecule has 4 nitrogen and oxygen atoms in total. The van der Waals surface area contributed by atoms with E-state index in [-0.39, 0.29) is 5.82 Å². The molecule has 2 aromatic heterocycles. The molecule has 0 saturated heterocycles. The topological polar surface area (TPSA) is 51.0 Å². The molecule has 0 aliphatic carbocycles. The number of hydrogen-bond donors (Lipinski definition) is 1. The third-order valence-corrected chi connectivity index (χ3v) is 4.04. The van der Waals surface area contributed by atoms with Crippen molar-refractivity contribution < 1.29 is 8.91 Å². The van der Waals surface area contributed by atoms with Gasteiger partial charge in [0.15, 0.2) is 5.76 Å². The van der Waals surface area contributed by atoms with E-state index in [1.165, 1.54) is 12.1 Å². The quantitative estimate of drug-likeness (QED) is 0.543. The number of pyridine rings is 1. The molecule has 0 radical (unpaired) electrons. The van der Waals surface area contributed by atoms with Gasteiger partial charge in [-0.25, -0.2) is 4.39 Å². The van der Waals surface area contributed by atoms with Crippen molar-refractivity contribution >= 4 is 5.69 Å². The van der Waals surface area contributed by atoms with E-state index in [2.05, 4.69) is 15.5 Å². The number of halogens is 1. The summed E-state index contributed by atoms with van der Waals surface area (Å²) in [5.41, 5.74) is 4.62. The maximum Gasteiger partial charge on any atom is 0.167 e. The van der Waals surface area contributed by atoms with E-state index < -0.39 is 0 Å². The summed E-state index contributed by atoms with van der Waals surface area (Å²) < 4.78 is 18.4. The Morgan fingerprint density at radius 2 is 1.69 bits per heavy atom. The number of nitrogens with one attached hydrogen (secondary N) is 1. The zero-order valence-electron chi connectivity index (χ0n) is 13.9. The number of hydrogen-bond acceptors (Lipinski definition) is 4. The van der Waals surface area contributed by atoms with Crippen LogP contribution in [0.3, 0.4) is 0 Å². The van der Waals surface area contributed by atoms with Crippen molar-refractivity contribution in [1.29, 1.82) is 0 Å². The third-order valence-electron chi connectivity index (χ3n) is 4.04. The Kier molecular flexibility index (Phi) is 4.43. The van der Waals surface area contributed by atoms with Crippen LogP contribution in [0.25, 0.3) is 22.6 Å². The van der Waals surface area contributed by atoms with E-state index in [9.17, 15) is 4.39 Å². The van der Waals surface area contributed by atoms with Crippen LogP contribution in [0.4, 0.5) is 10.1 Å². The zero-order chi connectivity index (χ0) is 17.8. The summed E-state index contributed by atoms with van der Waals surface area (Å²) in [4.78, 5) is 4.10. The highest BCUT2D eigenvalue weighted by atomic mass is 19.1. The molecule has 0 bridgehead atoms. The molecular weight excluding hydrogens is 329 g/mol. The summed E-state index contributed by atoms with van der Waals surface area (Å²) in [7, 11) is 0. The van der Waals surface area contributed by atoms with Crippen LogP contribution in [0.1, 0.15) is 5.56 Å². The van der Waals surface area contributed by atoms with Gasteiger partial charge < -0.3 is 9.84 Å². The van der Waals surface area contributed by atoms with Crippen molar-refractivity contribution in [2.24, 2.45) is 0 Å². The maximum absolute atomic E-state index is 13.0. The Balaban J connectivity index is 1.46. The molecule has 4 aromatic rings. The maximum atomic E-state index is 13.0. The molecule has 0 unspecified atom stereocenters. The van der Waals surface area contributed by atoms with Crippen LogP contribution < -0.4 is 5.32 Å². The molecule has 0 aliphatic heterocycles. The second kappa shape index (κ2) is 7.19. The highest BCUT2D eigenvalue weighted by Gasteiger charge is 2.09. The lowest BCUT2D eigenvalue weighted by atomic mass is 10.1. The average molecular weight is 345 g/mol. The van der Waals surface area contributed by atoms with Gasteiger partial charge in [-0.3, -0.25) is 4.98 Å². The highest BCUT2D eigenvalue weighted by molar-refractivity contribution is 5.68. The molecule has 2 heterocycles. The Morgan fingerprint density at radius 1 is 0.923 bits per heavy atom. The average Bonchev–Trinajstić information content (AvgIpc) is 3.18. The van der Waals surface area contributed by atoms with Crippen molar-refractivity contribution in [3.8, 4) is 22.6 Å². The largest absolute Gasteiger partial charge is 0.381 e. The van der Waals surface area contributed by atoms with Gasteiger partial charge in [0, 0.05) is 41.8 Å². The summed E-state index contributed by atoms with van der Waals surface area (Å²) >= 11 is 0. The van der Waals surface area contributed by atoms with Gasteiger partial charge in [0.05, 0.1) is 0 Å². The Labute approximate surface area is 150 Å². The molecule has 0 spiro atoms. The zero-order valence-corrected chi connectivity index (χ0v) is 13.9. The second-order valence-corrected chi connectivity index (χ2v) is 5.88. The van der Waals surface area contributed by atoms with Gasteiger partial charge in [-0.05, 0) is 48.0 Å². The highest BCUT2D eigenvalue weighted by Crippen LogP contribution is 2.27. The summed E-state index contributed by atoms with van der Waals surface area (Å²) in [6.45, 7) is 0.714. The van der Waals surface area contributed by atoms with Gasteiger partial charge >= 0.3 is 0 Å². The molecule has 4 rings (SSSR count). The molecule has 128 valence electrons. The summed E-state index contributed by atoms with van der Waals surface area (Å²) in [5, 5.41) is 7.47. The summed E-state index contributed by atoms with van der Waals surface area (Å²) in [6, 6.07) is 19.9. The lowest BCUT2D eigenvalue weighted by Gasteiger charge is -2.06. The lowest BCUT2D eigenvalue weighted by molar-refractivity contribution is 0.435. The first kappa shape index (κ1) is 16.0. The summed E-state index contributed by atoms with van der Waals surface area (Å²) in [5.74, 6) is 0.335. The van der Waals surface area contributed by atoms with Crippen LogP contribution in [0, 0.1) is 5.82 Å². The van der Waals surface area contributed by atoms with Gasteiger partial charge in [0.1, 0.15) is 11.5 Å². The first-order valence-corrected chi connectivity index (χ1v) is 8.24. The van der Waals surface area contributed by atoms with E-state index in [1.807, 2.05) is 48.7 Å². The predicted molar refractivity (Wildman–Crippen MR) is 98.9 cm³/mol. The smallest absolute Gasteiger partial charge is 0.167 e. The number of anilines is 1. The minimum Gasteiger partial charge on any atom is -0.381 e. The minimum absolute atomic E-state index is 0.275. The van der Waals surface area contributed by atoms with Crippen molar-refractivity contribution in [2.75, 3.05) is 5.32 Å². The predicted octanol–water partition coefficient (Wildman–Crippen LogP) is 5.15. The normalized spacial score (nSPS) is 10.7. The fourth-order valence-corrected chi connectivity index (χ4v) is 2.63. The van der Waals surface area contributed by atoms with E-state index in [1.54, 1.807) is 18.3 Å². The Hall–Kier alpha value is -3.47. The Bertz CT molecular complexity index is 980. The molecule has 0 amide bonds. The number of aromatic nitrogens is 2. The van der Waals surface area contributed by atoms with E-state index >= 15 is 0 Å². The second-order valence-electron chi connectivity index (χ2n) is 5.88. The Morgan fingerprint density at radius 3 is 2.42 bits per heavy atom. The monoisotopic (exact) mass is 345 g/mol. The van der Waals surface area contributed by atoms with Crippen LogP contribution in [-0.4, -0.2) is 10.1 Å². The molecule has 1 N–H and O–H groups in total. The third kappa shape index (κ3) is 3.62. The van der Waals surface area contributed by atoms with Gasteiger partial charge in [-0.15, -0.1) is 0 Å². The first-order chi connectivity index (χ1) is 12.8. The minimum atomic E-state index is -0.275. The van der Waals surface area contributed by atoms with Gasteiger partial charge in [-0.1, -0.05) is 23.4 Å². The van der Waals surface area contributed by atoms with Crippen molar-refractivity contribution in [1.82, 2.24) is 10.1 Å². The first-order valence-electron chi connectivity index (χ1n) is 8.24. The molecule has 0 aliphatic rings. The summed E-state index contributed by atoms with van der Waals surface area (Å²) in [6.07, 6.45) is 3.60. The van der Waals surface area contributed by atoms with Crippen molar-refractivity contribution in [2.45, 2.75) is 6.54 Å². The number of nitrogens with zero attached hydrogens (tertiary/aromatic N) is 2. The number of rotatable bonds is 5. The van der Waals surface area contributed by atoms with Gasteiger partial charge in [-0.2, -0.15) is 0 Å². The van der Waals surface area contributed by atoms with Gasteiger partial charge in [0.25, 0.3) is 0 Å². The van der Waals surface area contributed by atoms with E-state index in [4.69, 9.17) is 4.52 Å². The van der Waals surface area contributed by atoms with E-state index in [0.717, 1.165) is 28.1 Å². The number of benzene rings is 2. The van der Waals surface area contributed by atoms with Crippen molar-refractivity contribution in [3.63, 3.8) is 0 Å². The molecule has 2 aromatic carbocycles. The molecule has 26 heavy (non-hydrogen) atoms. The molecule has 0 atom stereocenters. The fourth-order valence-electron chi connectivity index (χ4n) is 2.63. The van der Waals surface area contributed by atoms with Crippen LogP contribution in [0.15, 0.2) is 83.6 Å². The molecule has 0 saturated carbocycles. The van der Waals surface area contributed by atoms with Crippen molar-refractivity contribution in [3.05, 3.63) is 90.5 Å². The standard InChI is InChI=1S/C21H16FN3O/c22-18-7-3-17(4-8-18)21-12-20(25-26-21)16-5-9-19(10-6-16)24-14-15-2-1-11-23-13-15/h1-13,24H,14H2. The molecule has 0 fully saturated rings. The SMILES string of the molecule is Fc1ccc(-c2cc(-c3ccc(NCc4cccnc4)cc3)no2)cc1. The molecular formula is C21H16FN3O. The fraction of sp³-hybridized carbons (Fsp3) is 0.0476. The van der Waals surface area contributed by atoms with Gasteiger partial charge in [0.2, 0.25) is 0 Å². The lowest BCUT2D eigenvalue weighted by Crippen LogP contribution is -1.99. The molecule has 5 heteroatoms. The van der Waals surface area contributed by atoms with Crippen LogP contribution in [0.2, 0.25) is 0 Å². The van der Waals surface area contributed by atoms with Crippen LogP contribution in [-0.2, 0) is 6.54 Å². The van der Waals surface area contributed by atoms with E-state index in [0.29, 0.717) is 12.3 Å². The van der Waals surface area contributed by atoms with Crippen LogP contribution >= 0.6 is 0 Å². The van der Waals surface area contributed by atoms with Crippen LogP contribution in [0.5, 0.6) is 0 Å².